The smallest absolute Gasteiger partial charge is 0.322 e. The maximum absolute atomic E-state index is 12.6. The molecule has 0 aliphatic heterocycles. The third kappa shape index (κ3) is 1.65. The number of ketones is 1. The second-order valence-electron chi connectivity index (χ2n) is 4.67. The molecule has 112 valence electrons. The van der Waals surface area contributed by atoms with Gasteiger partial charge in [0.25, 0.3) is 0 Å². The maximum Gasteiger partial charge on any atom is 0.322 e. The lowest BCUT2D eigenvalue weighted by Crippen LogP contribution is -2.04. The van der Waals surface area contributed by atoms with Gasteiger partial charge in [-0.05, 0) is 6.07 Å². The van der Waals surface area contributed by atoms with Crippen LogP contribution in [0, 0.1) is 10.1 Å². The molecule has 0 fully saturated rings. The number of nitrogens with zero attached hydrogens (tertiary/aromatic N) is 1. The van der Waals surface area contributed by atoms with Crippen LogP contribution in [0.3, 0.4) is 0 Å². The van der Waals surface area contributed by atoms with Gasteiger partial charge in [-0.25, -0.2) is 0 Å². The summed E-state index contributed by atoms with van der Waals surface area (Å²) < 4.78 is 10.2. The summed E-state index contributed by atoms with van der Waals surface area (Å²) in [6.45, 7) is 0. The Morgan fingerprint density at radius 3 is 2.36 bits per heavy atom. The normalized spacial score (nSPS) is 11.8. The predicted molar refractivity (Wildman–Crippen MR) is 76.7 cm³/mol. The van der Waals surface area contributed by atoms with Gasteiger partial charge in [0.15, 0.2) is 0 Å². The summed E-state index contributed by atoms with van der Waals surface area (Å²) in [5.74, 6) is -0.514. The van der Waals surface area contributed by atoms with Gasteiger partial charge in [-0.1, -0.05) is 12.1 Å². The molecule has 0 atom stereocenters. The van der Waals surface area contributed by atoms with Crippen LogP contribution in [0.25, 0.3) is 11.1 Å². The number of hydrogen-bond acceptors (Lipinski definition) is 6. The molecule has 7 nitrogen and oxygen atoms in total. The van der Waals surface area contributed by atoms with Crippen molar-refractivity contribution in [1.82, 2.24) is 0 Å². The summed E-state index contributed by atoms with van der Waals surface area (Å²) >= 11 is 0. The molecule has 0 radical (unpaired) electrons. The van der Waals surface area contributed by atoms with Crippen LogP contribution in [0.2, 0.25) is 0 Å². The molecule has 0 unspecified atom stereocenters. The van der Waals surface area contributed by atoms with Crippen molar-refractivity contribution in [2.75, 3.05) is 14.2 Å². The number of nitro groups is 1. The Morgan fingerprint density at radius 1 is 1.09 bits per heavy atom. The van der Waals surface area contributed by atoms with Crippen LogP contribution < -0.4 is 9.47 Å². The highest BCUT2D eigenvalue weighted by molar-refractivity contribution is 6.26. The minimum absolute atomic E-state index is 0.0683. The number of phenols is 1. The number of aromatic hydroxyl groups is 1. The van der Waals surface area contributed by atoms with Crippen molar-refractivity contribution in [1.29, 1.82) is 0 Å². The molecule has 2 aromatic carbocycles. The molecule has 0 saturated heterocycles. The van der Waals surface area contributed by atoms with Crippen LogP contribution in [0.5, 0.6) is 17.2 Å². The summed E-state index contributed by atoms with van der Waals surface area (Å²) in [7, 11) is 2.65. The lowest BCUT2D eigenvalue weighted by molar-refractivity contribution is -0.385. The minimum Gasteiger partial charge on any atom is -0.507 e. The SMILES string of the molecule is COc1cc(OC)c([N+](=O)[O-])c2c1-c1c(O)cccc1C2=O. The number of methoxy groups -OCH3 is 2. The molecule has 3 rings (SSSR count). The molecule has 0 amide bonds. The number of hydrogen-bond donors (Lipinski definition) is 1. The van der Waals surface area contributed by atoms with Crippen LogP contribution in [0.4, 0.5) is 5.69 Å². The van der Waals surface area contributed by atoms with Crippen molar-refractivity contribution in [3.63, 3.8) is 0 Å². The number of carbonyl (C=O) groups excluding carboxylic acids is 1. The highest BCUT2D eigenvalue weighted by Gasteiger charge is 2.40. The van der Waals surface area contributed by atoms with Crippen molar-refractivity contribution in [2.24, 2.45) is 0 Å². The van der Waals surface area contributed by atoms with Crippen molar-refractivity contribution in [3.8, 4) is 28.4 Å². The number of benzene rings is 2. The first kappa shape index (κ1) is 13.9. The quantitative estimate of drug-likeness (QED) is 0.589. The van der Waals surface area contributed by atoms with Gasteiger partial charge in [0, 0.05) is 22.8 Å². The monoisotopic (exact) mass is 301 g/mol. The highest BCUT2D eigenvalue weighted by atomic mass is 16.6. The molecule has 0 spiro atoms. The van der Waals surface area contributed by atoms with Crippen LogP contribution >= 0.6 is 0 Å². The second-order valence-corrected chi connectivity index (χ2v) is 4.67. The molecule has 2 aromatic rings. The van der Waals surface area contributed by atoms with Gasteiger partial charge in [-0.3, -0.25) is 14.9 Å². The third-order valence-corrected chi connectivity index (χ3v) is 3.62. The van der Waals surface area contributed by atoms with E-state index in [1.807, 2.05) is 0 Å². The molecule has 0 saturated carbocycles. The van der Waals surface area contributed by atoms with Crippen LogP contribution in [0.1, 0.15) is 15.9 Å². The molecule has 1 N–H and O–H groups in total. The van der Waals surface area contributed by atoms with E-state index < -0.39 is 16.4 Å². The van der Waals surface area contributed by atoms with Gasteiger partial charge < -0.3 is 14.6 Å². The Hall–Kier alpha value is -3.09. The van der Waals surface area contributed by atoms with Crippen LogP contribution in [-0.4, -0.2) is 30.0 Å². The molecule has 0 aromatic heterocycles. The summed E-state index contributed by atoms with van der Waals surface area (Å²) in [6.07, 6.45) is 0. The molecule has 0 bridgehead atoms. The third-order valence-electron chi connectivity index (χ3n) is 3.62. The second kappa shape index (κ2) is 4.73. The number of phenolic OH excluding ortho intramolecular Hbond substituents is 1. The average molecular weight is 301 g/mol. The highest BCUT2D eigenvalue weighted by Crippen LogP contribution is 2.52. The van der Waals surface area contributed by atoms with Crippen molar-refractivity contribution in [2.45, 2.75) is 0 Å². The van der Waals surface area contributed by atoms with Gasteiger partial charge in [0.1, 0.15) is 17.1 Å². The molecule has 7 heteroatoms. The van der Waals surface area contributed by atoms with E-state index in [1.54, 1.807) is 0 Å². The lowest BCUT2D eigenvalue weighted by Gasteiger charge is -2.11. The first-order valence-corrected chi connectivity index (χ1v) is 6.31. The number of carbonyl (C=O) groups is 1. The molecule has 1 aliphatic carbocycles. The zero-order chi connectivity index (χ0) is 16.0. The Labute approximate surface area is 124 Å². The van der Waals surface area contributed by atoms with Crippen LogP contribution in [0.15, 0.2) is 24.3 Å². The number of ether oxygens (including phenoxy) is 2. The predicted octanol–water partition coefficient (Wildman–Crippen LogP) is 2.53. The van der Waals surface area contributed by atoms with E-state index in [0.29, 0.717) is 0 Å². The van der Waals surface area contributed by atoms with E-state index in [9.17, 15) is 20.0 Å². The van der Waals surface area contributed by atoms with Gasteiger partial charge in [0.2, 0.25) is 11.5 Å². The lowest BCUT2D eigenvalue weighted by atomic mass is 10.0. The molecule has 1 aliphatic rings. The Bertz CT molecular complexity index is 827. The van der Waals surface area contributed by atoms with E-state index in [-0.39, 0.29) is 39.5 Å². The number of fused-ring (bicyclic) bond motifs is 3. The van der Waals surface area contributed by atoms with E-state index >= 15 is 0 Å². The summed E-state index contributed by atoms with van der Waals surface area (Å²) in [5.41, 5.74) is 0.0967. The zero-order valence-electron chi connectivity index (χ0n) is 11.7. The minimum atomic E-state index is -0.669. The van der Waals surface area contributed by atoms with E-state index in [4.69, 9.17) is 9.47 Å². The Kier molecular flexibility index (Phi) is 2.98. The standard InChI is InChI=1S/C15H11NO6/c1-21-9-6-10(22-2)14(16(19)20)13-12(9)11-7(15(13)18)4-3-5-8(11)17/h3-6,17H,1-2H3. The fraction of sp³-hybridized carbons (Fsp3) is 0.133. The topological polar surface area (TPSA) is 98.9 Å². The number of rotatable bonds is 3. The zero-order valence-corrected chi connectivity index (χ0v) is 11.7. The summed E-state index contributed by atoms with van der Waals surface area (Å²) in [4.78, 5) is 23.3. The maximum atomic E-state index is 12.6. The first-order chi connectivity index (χ1) is 10.5. The first-order valence-electron chi connectivity index (χ1n) is 6.31. The fourth-order valence-electron chi connectivity index (χ4n) is 2.72. The van der Waals surface area contributed by atoms with Crippen LogP contribution in [-0.2, 0) is 0 Å². The summed E-state index contributed by atoms with van der Waals surface area (Å²) in [6, 6.07) is 5.77. The van der Waals surface area contributed by atoms with Gasteiger partial charge in [-0.15, -0.1) is 0 Å². The Morgan fingerprint density at radius 2 is 1.77 bits per heavy atom. The average Bonchev–Trinajstić information content (AvgIpc) is 2.80. The van der Waals surface area contributed by atoms with Gasteiger partial charge >= 0.3 is 5.69 Å². The fourth-order valence-corrected chi connectivity index (χ4v) is 2.72. The van der Waals surface area contributed by atoms with Crippen molar-refractivity contribution >= 4 is 11.5 Å². The molecule has 22 heavy (non-hydrogen) atoms. The largest absolute Gasteiger partial charge is 0.507 e. The van der Waals surface area contributed by atoms with Gasteiger partial charge in [-0.2, -0.15) is 0 Å². The Balaban J connectivity index is 2.50. The molecular weight excluding hydrogens is 290 g/mol. The van der Waals surface area contributed by atoms with Gasteiger partial charge in [0.05, 0.1) is 19.1 Å². The van der Waals surface area contributed by atoms with Crippen molar-refractivity contribution < 1.29 is 24.3 Å². The van der Waals surface area contributed by atoms with E-state index in [0.717, 1.165) is 0 Å². The molecular formula is C15H11NO6. The van der Waals surface area contributed by atoms with Crippen molar-refractivity contribution in [3.05, 3.63) is 45.5 Å². The number of nitro benzene ring substituents is 1. The molecule has 0 heterocycles. The summed E-state index contributed by atoms with van der Waals surface area (Å²) in [5, 5.41) is 21.5. The van der Waals surface area contributed by atoms with E-state index in [1.165, 1.54) is 38.5 Å². The van der Waals surface area contributed by atoms with E-state index in [2.05, 4.69) is 0 Å².